The predicted octanol–water partition coefficient (Wildman–Crippen LogP) is 3.29. The lowest BCUT2D eigenvalue weighted by Crippen LogP contribution is -2.52. The largest absolute Gasteiger partial charge is 0.364 e. The number of aliphatic imine (C=N–C) groups is 1. The van der Waals surface area contributed by atoms with Gasteiger partial charge in [0.15, 0.2) is 5.96 Å². The van der Waals surface area contributed by atoms with E-state index in [1.807, 2.05) is 6.07 Å². The van der Waals surface area contributed by atoms with E-state index in [9.17, 15) is 0 Å². The minimum absolute atomic E-state index is 0. The summed E-state index contributed by atoms with van der Waals surface area (Å²) in [6.07, 6.45) is 2.68. The SMILES string of the molecule is CCNC(=NCCC(C)N(C)Cc1ccccc1)N1CCN(Cc2ccon2)CC1.I. The maximum atomic E-state index is 4.94. The molecule has 8 heteroatoms. The van der Waals surface area contributed by atoms with E-state index in [0.717, 1.165) is 70.4 Å². The van der Waals surface area contributed by atoms with E-state index in [2.05, 4.69) is 76.4 Å². The highest BCUT2D eigenvalue weighted by atomic mass is 127. The van der Waals surface area contributed by atoms with Gasteiger partial charge < -0.3 is 14.7 Å². The molecule has 0 amide bonds. The molecule has 31 heavy (non-hydrogen) atoms. The van der Waals surface area contributed by atoms with Crippen LogP contribution in [0.5, 0.6) is 0 Å². The fourth-order valence-corrected chi connectivity index (χ4v) is 3.70. The molecular formula is C23H37IN6O. The van der Waals surface area contributed by atoms with E-state index in [1.165, 1.54) is 5.56 Å². The number of nitrogens with one attached hydrogen (secondary N) is 1. The summed E-state index contributed by atoms with van der Waals surface area (Å²) >= 11 is 0. The Morgan fingerprint density at radius 2 is 1.94 bits per heavy atom. The Balaban J connectivity index is 0.00000341. The predicted molar refractivity (Wildman–Crippen MR) is 137 cm³/mol. The first-order chi connectivity index (χ1) is 14.7. The van der Waals surface area contributed by atoms with E-state index >= 15 is 0 Å². The molecule has 1 aromatic carbocycles. The number of hydrogen-bond acceptors (Lipinski definition) is 5. The molecule has 0 spiro atoms. The summed E-state index contributed by atoms with van der Waals surface area (Å²) in [6, 6.07) is 13.1. The van der Waals surface area contributed by atoms with Crippen LogP contribution in [-0.4, -0.2) is 78.2 Å². The average molecular weight is 540 g/mol. The van der Waals surface area contributed by atoms with Crippen LogP contribution >= 0.6 is 24.0 Å². The summed E-state index contributed by atoms with van der Waals surface area (Å²) in [5, 5.41) is 7.49. The Bertz CT molecular complexity index is 747. The molecule has 2 heterocycles. The fraction of sp³-hybridized carbons (Fsp3) is 0.565. The van der Waals surface area contributed by atoms with Gasteiger partial charge in [0.1, 0.15) is 6.26 Å². The number of benzene rings is 1. The van der Waals surface area contributed by atoms with Crippen LogP contribution in [0.15, 0.2) is 52.2 Å². The van der Waals surface area contributed by atoms with Crippen molar-refractivity contribution in [2.24, 2.45) is 4.99 Å². The van der Waals surface area contributed by atoms with Gasteiger partial charge >= 0.3 is 0 Å². The van der Waals surface area contributed by atoms with Crippen LogP contribution in [-0.2, 0) is 13.1 Å². The van der Waals surface area contributed by atoms with E-state index < -0.39 is 0 Å². The number of halogens is 1. The van der Waals surface area contributed by atoms with Gasteiger partial charge in [0, 0.05) is 64.5 Å². The summed E-state index contributed by atoms with van der Waals surface area (Å²) in [5.41, 5.74) is 2.35. The highest BCUT2D eigenvalue weighted by Gasteiger charge is 2.20. The molecule has 1 atom stereocenters. The first kappa shape index (κ1) is 25.6. The molecule has 0 radical (unpaired) electrons. The topological polar surface area (TPSA) is 60.1 Å². The van der Waals surface area contributed by atoms with Gasteiger partial charge in [-0.05, 0) is 32.9 Å². The Morgan fingerprint density at radius 3 is 2.58 bits per heavy atom. The van der Waals surface area contributed by atoms with Crippen LogP contribution in [0.3, 0.4) is 0 Å². The van der Waals surface area contributed by atoms with Gasteiger partial charge in [-0.3, -0.25) is 14.8 Å². The van der Waals surface area contributed by atoms with Crippen molar-refractivity contribution in [2.45, 2.75) is 39.4 Å². The number of piperazine rings is 1. The molecule has 172 valence electrons. The molecule has 1 aliphatic rings. The maximum absolute atomic E-state index is 4.94. The molecule has 1 N–H and O–H groups in total. The van der Waals surface area contributed by atoms with Gasteiger partial charge in [0.2, 0.25) is 0 Å². The average Bonchev–Trinajstić information content (AvgIpc) is 3.27. The zero-order valence-electron chi connectivity index (χ0n) is 19.0. The molecule has 1 aliphatic heterocycles. The Labute approximate surface area is 203 Å². The van der Waals surface area contributed by atoms with E-state index in [-0.39, 0.29) is 24.0 Å². The first-order valence-electron chi connectivity index (χ1n) is 11.0. The third kappa shape index (κ3) is 8.42. The van der Waals surface area contributed by atoms with Gasteiger partial charge in [-0.2, -0.15) is 0 Å². The lowest BCUT2D eigenvalue weighted by atomic mass is 10.1. The molecule has 3 rings (SSSR count). The molecule has 0 bridgehead atoms. The third-order valence-corrected chi connectivity index (χ3v) is 5.72. The van der Waals surface area contributed by atoms with Gasteiger partial charge in [-0.1, -0.05) is 35.5 Å². The number of hydrogen-bond donors (Lipinski definition) is 1. The van der Waals surface area contributed by atoms with Crippen molar-refractivity contribution >= 4 is 29.9 Å². The molecule has 1 unspecified atom stereocenters. The second-order valence-corrected chi connectivity index (χ2v) is 8.03. The van der Waals surface area contributed by atoms with Crippen LogP contribution in [0.1, 0.15) is 31.5 Å². The Morgan fingerprint density at radius 1 is 1.19 bits per heavy atom. The number of rotatable bonds is 9. The summed E-state index contributed by atoms with van der Waals surface area (Å²) in [4.78, 5) is 12.1. The van der Waals surface area contributed by atoms with Crippen molar-refractivity contribution in [3.05, 3.63) is 53.9 Å². The van der Waals surface area contributed by atoms with Gasteiger partial charge in [0.25, 0.3) is 0 Å². The molecule has 1 aromatic heterocycles. The van der Waals surface area contributed by atoms with Crippen molar-refractivity contribution in [3.8, 4) is 0 Å². The smallest absolute Gasteiger partial charge is 0.194 e. The minimum atomic E-state index is 0. The summed E-state index contributed by atoms with van der Waals surface area (Å²) in [6.45, 7) is 11.9. The van der Waals surface area contributed by atoms with Crippen LogP contribution < -0.4 is 5.32 Å². The van der Waals surface area contributed by atoms with Gasteiger partial charge in [-0.15, -0.1) is 24.0 Å². The van der Waals surface area contributed by atoms with Crippen molar-refractivity contribution in [1.29, 1.82) is 0 Å². The molecule has 0 aliphatic carbocycles. The highest BCUT2D eigenvalue weighted by molar-refractivity contribution is 14.0. The minimum Gasteiger partial charge on any atom is -0.364 e. The molecule has 7 nitrogen and oxygen atoms in total. The molecule has 0 saturated carbocycles. The second-order valence-electron chi connectivity index (χ2n) is 8.03. The highest BCUT2D eigenvalue weighted by Crippen LogP contribution is 2.10. The lowest BCUT2D eigenvalue weighted by Gasteiger charge is -2.36. The molecule has 1 saturated heterocycles. The Hall–Kier alpha value is -1.65. The second kappa shape index (κ2) is 13.7. The summed E-state index contributed by atoms with van der Waals surface area (Å²) in [7, 11) is 2.20. The molecule has 2 aromatic rings. The van der Waals surface area contributed by atoms with Crippen LogP contribution in [0.4, 0.5) is 0 Å². The fourth-order valence-electron chi connectivity index (χ4n) is 3.70. The zero-order valence-corrected chi connectivity index (χ0v) is 21.4. The van der Waals surface area contributed by atoms with Crippen molar-refractivity contribution in [2.75, 3.05) is 46.3 Å². The van der Waals surface area contributed by atoms with Gasteiger partial charge in [-0.25, -0.2) is 0 Å². The van der Waals surface area contributed by atoms with Crippen LogP contribution in [0, 0.1) is 0 Å². The van der Waals surface area contributed by atoms with Crippen molar-refractivity contribution < 1.29 is 4.52 Å². The lowest BCUT2D eigenvalue weighted by molar-refractivity contribution is 0.169. The number of guanidine groups is 1. The molecule has 1 fully saturated rings. The Kier molecular flexibility index (Phi) is 11.3. The monoisotopic (exact) mass is 540 g/mol. The van der Waals surface area contributed by atoms with E-state index in [4.69, 9.17) is 9.52 Å². The maximum Gasteiger partial charge on any atom is 0.194 e. The number of nitrogens with zero attached hydrogens (tertiary/aromatic N) is 5. The third-order valence-electron chi connectivity index (χ3n) is 5.72. The normalized spacial score (nSPS) is 16.3. The quantitative estimate of drug-likeness (QED) is 0.300. The summed E-state index contributed by atoms with van der Waals surface area (Å²) in [5.74, 6) is 1.04. The number of aromatic nitrogens is 1. The van der Waals surface area contributed by atoms with Crippen LogP contribution in [0.25, 0.3) is 0 Å². The van der Waals surface area contributed by atoms with Crippen LogP contribution in [0.2, 0.25) is 0 Å². The van der Waals surface area contributed by atoms with E-state index in [1.54, 1.807) is 6.26 Å². The van der Waals surface area contributed by atoms with Crippen molar-refractivity contribution in [3.63, 3.8) is 0 Å². The summed E-state index contributed by atoms with van der Waals surface area (Å²) < 4.78 is 4.94. The standard InChI is InChI=1S/C23H36N6O.HI/c1-4-24-23(29-15-13-28(14-16-29)19-22-11-17-30-26-22)25-12-10-20(2)27(3)18-21-8-6-5-7-9-21;/h5-9,11,17,20H,4,10,12-16,18-19H2,1-3H3,(H,24,25);1H. The van der Waals surface area contributed by atoms with Gasteiger partial charge in [0.05, 0.1) is 5.69 Å². The van der Waals surface area contributed by atoms with Crippen molar-refractivity contribution in [1.82, 2.24) is 25.2 Å². The molecular weight excluding hydrogens is 503 g/mol. The van der Waals surface area contributed by atoms with E-state index in [0.29, 0.717) is 6.04 Å². The first-order valence-corrected chi connectivity index (χ1v) is 11.0. The zero-order chi connectivity index (χ0) is 21.2.